The number of hydrogen-bond acceptors (Lipinski definition) is 2. The molecule has 0 heterocycles. The molecule has 0 aliphatic rings. The first kappa shape index (κ1) is 13.6. The number of benzene rings is 2. The molecule has 0 unspecified atom stereocenters. The van der Waals surface area contributed by atoms with Crippen molar-refractivity contribution in [2.24, 2.45) is 0 Å². The van der Waals surface area contributed by atoms with E-state index >= 15 is 0 Å². The van der Waals surface area contributed by atoms with E-state index in [1.807, 2.05) is 26.1 Å². The second-order valence-electron chi connectivity index (χ2n) is 4.64. The lowest BCUT2D eigenvalue weighted by molar-refractivity contribution is 0.472. The van der Waals surface area contributed by atoms with Crippen LogP contribution in [0, 0.1) is 19.7 Å². The van der Waals surface area contributed by atoms with E-state index in [1.54, 1.807) is 19.1 Å². The van der Waals surface area contributed by atoms with Crippen LogP contribution in [0.2, 0.25) is 0 Å². The standard InChI is InChI=1S/C16H18FNO/c1-11-4-6-14(9-15(11)17)19-16-7-5-13(10-18-3)8-12(16)2/h4-9,18H,10H2,1-3H3. The van der Waals surface area contributed by atoms with Crippen LogP contribution >= 0.6 is 0 Å². The van der Waals surface area contributed by atoms with Crippen LogP contribution in [0.5, 0.6) is 11.5 Å². The van der Waals surface area contributed by atoms with Gasteiger partial charge in [-0.1, -0.05) is 18.2 Å². The summed E-state index contributed by atoms with van der Waals surface area (Å²) in [5.41, 5.74) is 2.85. The van der Waals surface area contributed by atoms with Crippen LogP contribution in [0.25, 0.3) is 0 Å². The normalized spacial score (nSPS) is 10.5. The molecule has 0 aromatic heterocycles. The summed E-state index contributed by atoms with van der Waals surface area (Å²) in [6.45, 7) is 4.54. The Morgan fingerprint density at radius 2 is 1.84 bits per heavy atom. The van der Waals surface area contributed by atoms with Crippen molar-refractivity contribution in [2.75, 3.05) is 7.05 Å². The lowest BCUT2D eigenvalue weighted by atomic mass is 10.1. The van der Waals surface area contributed by atoms with E-state index in [2.05, 4.69) is 11.4 Å². The van der Waals surface area contributed by atoms with E-state index in [1.165, 1.54) is 11.6 Å². The Morgan fingerprint density at radius 1 is 1.05 bits per heavy atom. The van der Waals surface area contributed by atoms with Gasteiger partial charge >= 0.3 is 0 Å². The maximum Gasteiger partial charge on any atom is 0.130 e. The smallest absolute Gasteiger partial charge is 0.130 e. The first-order valence-electron chi connectivity index (χ1n) is 6.28. The summed E-state index contributed by atoms with van der Waals surface area (Å²) in [6.07, 6.45) is 0. The SMILES string of the molecule is CNCc1ccc(Oc2ccc(C)c(F)c2)c(C)c1. The van der Waals surface area contributed by atoms with Gasteiger partial charge in [-0.2, -0.15) is 0 Å². The highest BCUT2D eigenvalue weighted by Gasteiger charge is 2.05. The topological polar surface area (TPSA) is 21.3 Å². The van der Waals surface area contributed by atoms with Crippen molar-refractivity contribution in [3.63, 3.8) is 0 Å². The summed E-state index contributed by atoms with van der Waals surface area (Å²) in [5.74, 6) is 1.03. The van der Waals surface area contributed by atoms with Crippen molar-refractivity contribution >= 4 is 0 Å². The zero-order valence-corrected chi connectivity index (χ0v) is 11.5. The Balaban J connectivity index is 2.20. The minimum absolute atomic E-state index is 0.248. The predicted octanol–water partition coefficient (Wildman–Crippen LogP) is 3.95. The lowest BCUT2D eigenvalue weighted by Gasteiger charge is -2.11. The van der Waals surface area contributed by atoms with Crippen LogP contribution in [0.3, 0.4) is 0 Å². The first-order valence-corrected chi connectivity index (χ1v) is 6.28. The third kappa shape index (κ3) is 3.32. The Kier molecular flexibility index (Phi) is 4.17. The molecule has 1 N–H and O–H groups in total. The highest BCUT2D eigenvalue weighted by molar-refractivity contribution is 5.40. The van der Waals surface area contributed by atoms with Crippen molar-refractivity contribution < 1.29 is 9.13 Å². The van der Waals surface area contributed by atoms with Gasteiger partial charge in [-0.15, -0.1) is 0 Å². The molecule has 3 heteroatoms. The van der Waals surface area contributed by atoms with Gasteiger partial charge in [0, 0.05) is 12.6 Å². The number of halogens is 1. The molecule has 0 atom stereocenters. The molecule has 100 valence electrons. The second kappa shape index (κ2) is 5.85. The van der Waals surface area contributed by atoms with Gasteiger partial charge in [0.05, 0.1) is 0 Å². The van der Waals surface area contributed by atoms with E-state index in [4.69, 9.17) is 4.74 Å². The fourth-order valence-corrected chi connectivity index (χ4v) is 1.90. The average molecular weight is 259 g/mol. The maximum absolute atomic E-state index is 13.5. The molecule has 2 aromatic carbocycles. The molecule has 2 rings (SSSR count). The summed E-state index contributed by atoms with van der Waals surface area (Å²) < 4.78 is 19.2. The number of ether oxygens (including phenoxy) is 1. The molecule has 0 aliphatic carbocycles. The molecule has 0 bridgehead atoms. The molecule has 0 saturated heterocycles. The fraction of sp³-hybridized carbons (Fsp3) is 0.250. The molecule has 0 spiro atoms. The Hall–Kier alpha value is -1.87. The minimum Gasteiger partial charge on any atom is -0.457 e. The van der Waals surface area contributed by atoms with Crippen LogP contribution in [0.4, 0.5) is 4.39 Å². The Bertz CT molecular complexity index is 581. The number of rotatable bonds is 4. The molecule has 0 amide bonds. The van der Waals surface area contributed by atoms with Crippen molar-refractivity contribution in [1.82, 2.24) is 5.32 Å². The fourth-order valence-electron chi connectivity index (χ4n) is 1.90. The summed E-state index contributed by atoms with van der Waals surface area (Å²) in [5, 5.41) is 3.10. The molecule has 0 radical (unpaired) electrons. The zero-order chi connectivity index (χ0) is 13.8. The van der Waals surface area contributed by atoms with E-state index in [-0.39, 0.29) is 5.82 Å². The summed E-state index contributed by atoms with van der Waals surface area (Å²) in [6, 6.07) is 10.9. The molecule has 2 nitrogen and oxygen atoms in total. The zero-order valence-electron chi connectivity index (χ0n) is 11.5. The third-order valence-electron chi connectivity index (χ3n) is 2.99. The molecular formula is C16H18FNO. The van der Waals surface area contributed by atoms with Crippen LogP contribution in [-0.4, -0.2) is 7.05 Å². The first-order chi connectivity index (χ1) is 9.10. The van der Waals surface area contributed by atoms with E-state index in [0.717, 1.165) is 17.9 Å². The van der Waals surface area contributed by atoms with Gasteiger partial charge in [-0.3, -0.25) is 0 Å². The van der Waals surface area contributed by atoms with Gasteiger partial charge < -0.3 is 10.1 Å². The number of nitrogens with one attached hydrogen (secondary N) is 1. The molecule has 0 saturated carbocycles. The van der Waals surface area contributed by atoms with Crippen LogP contribution in [-0.2, 0) is 6.54 Å². The van der Waals surface area contributed by atoms with E-state index in [0.29, 0.717) is 11.3 Å². The van der Waals surface area contributed by atoms with Crippen LogP contribution in [0.15, 0.2) is 36.4 Å². The number of aryl methyl sites for hydroxylation is 2. The quantitative estimate of drug-likeness (QED) is 0.897. The highest BCUT2D eigenvalue weighted by atomic mass is 19.1. The second-order valence-corrected chi connectivity index (χ2v) is 4.64. The van der Waals surface area contributed by atoms with Gasteiger partial charge in [0.25, 0.3) is 0 Å². The largest absolute Gasteiger partial charge is 0.457 e. The van der Waals surface area contributed by atoms with Gasteiger partial charge in [-0.05, 0) is 49.7 Å². The Morgan fingerprint density at radius 3 is 2.47 bits per heavy atom. The molecule has 2 aromatic rings. The third-order valence-corrected chi connectivity index (χ3v) is 2.99. The summed E-state index contributed by atoms with van der Waals surface area (Å²) in [7, 11) is 1.91. The van der Waals surface area contributed by atoms with Gasteiger partial charge in [-0.25, -0.2) is 4.39 Å². The molecular weight excluding hydrogens is 241 g/mol. The van der Waals surface area contributed by atoms with E-state index < -0.39 is 0 Å². The van der Waals surface area contributed by atoms with Crippen LogP contribution < -0.4 is 10.1 Å². The van der Waals surface area contributed by atoms with Gasteiger partial charge in [0.1, 0.15) is 17.3 Å². The Labute approximate surface area is 113 Å². The number of hydrogen-bond donors (Lipinski definition) is 1. The van der Waals surface area contributed by atoms with E-state index in [9.17, 15) is 4.39 Å². The van der Waals surface area contributed by atoms with Crippen molar-refractivity contribution in [3.05, 3.63) is 58.9 Å². The molecule has 0 aliphatic heterocycles. The average Bonchev–Trinajstić information content (AvgIpc) is 2.37. The van der Waals surface area contributed by atoms with Gasteiger partial charge in [0.2, 0.25) is 0 Å². The maximum atomic E-state index is 13.5. The van der Waals surface area contributed by atoms with Crippen molar-refractivity contribution in [2.45, 2.75) is 20.4 Å². The van der Waals surface area contributed by atoms with Gasteiger partial charge in [0.15, 0.2) is 0 Å². The monoisotopic (exact) mass is 259 g/mol. The highest BCUT2D eigenvalue weighted by Crippen LogP contribution is 2.27. The summed E-state index contributed by atoms with van der Waals surface area (Å²) in [4.78, 5) is 0. The molecule has 19 heavy (non-hydrogen) atoms. The summed E-state index contributed by atoms with van der Waals surface area (Å²) >= 11 is 0. The van der Waals surface area contributed by atoms with Crippen molar-refractivity contribution in [3.8, 4) is 11.5 Å². The molecule has 0 fully saturated rings. The van der Waals surface area contributed by atoms with Crippen LogP contribution in [0.1, 0.15) is 16.7 Å². The van der Waals surface area contributed by atoms with Crippen molar-refractivity contribution in [1.29, 1.82) is 0 Å². The minimum atomic E-state index is -0.248. The lowest BCUT2D eigenvalue weighted by Crippen LogP contribution is -2.05. The predicted molar refractivity (Wildman–Crippen MR) is 75.2 cm³/mol.